The SMILES string of the molecule is Cc1cc(CNC(=O)c2c(-c3ccccc3)c(-c3ccc(F)cc3)c(CC[C@@H](O)C[C@@H](O)CC(=O)O)n2C(C)C)n[nH]1.[NaH]. The summed E-state index contributed by atoms with van der Waals surface area (Å²) >= 11 is 0. The van der Waals surface area contributed by atoms with E-state index >= 15 is 0 Å². The van der Waals surface area contributed by atoms with Crippen LogP contribution in [0.15, 0.2) is 60.7 Å². The van der Waals surface area contributed by atoms with Crippen molar-refractivity contribution in [2.75, 3.05) is 0 Å². The number of aliphatic hydroxyl groups excluding tert-OH is 2. The second kappa shape index (κ2) is 15.4. The Morgan fingerprint density at radius 2 is 1.65 bits per heavy atom. The molecule has 224 valence electrons. The monoisotopic (exact) mass is 600 g/mol. The molecule has 0 unspecified atom stereocenters. The van der Waals surface area contributed by atoms with Gasteiger partial charge in [-0.25, -0.2) is 4.39 Å². The third-order valence-corrected chi connectivity index (χ3v) is 7.09. The molecular formula is C32H38FN4NaO5. The number of carboxylic acid groups (broad SMARTS) is 1. The molecule has 2 atom stereocenters. The molecule has 2 aromatic carbocycles. The van der Waals surface area contributed by atoms with Gasteiger partial charge in [-0.2, -0.15) is 5.10 Å². The van der Waals surface area contributed by atoms with Crippen LogP contribution in [0.3, 0.4) is 0 Å². The Hall–Kier alpha value is -3.28. The van der Waals surface area contributed by atoms with E-state index in [0.717, 1.165) is 22.5 Å². The standard InChI is InChI=1S/C32H37FN4O5.Na.H/c1-19(2)37-27(14-13-25(38)16-26(39)17-28(40)41)29(22-9-11-23(33)12-10-22)30(21-7-5-4-6-8-21)31(37)32(42)34-18-24-15-20(3)35-36-24;;/h4-12,15,19,25-26,38-39H,13-14,16-18H2,1-3H3,(H,34,42)(H,35,36)(H,40,41);;/t25-,26-;;/m1../s1. The molecular weight excluding hydrogens is 562 g/mol. The molecule has 9 nitrogen and oxygen atoms in total. The van der Waals surface area contributed by atoms with Crippen LogP contribution in [0.25, 0.3) is 22.3 Å². The average molecular weight is 601 g/mol. The predicted molar refractivity (Wildman–Crippen MR) is 164 cm³/mol. The van der Waals surface area contributed by atoms with E-state index in [2.05, 4.69) is 15.5 Å². The first kappa shape index (κ1) is 34.2. The fourth-order valence-electron chi connectivity index (χ4n) is 5.33. The van der Waals surface area contributed by atoms with Crippen LogP contribution in [-0.2, 0) is 17.8 Å². The maximum atomic E-state index is 14.0. The van der Waals surface area contributed by atoms with Crippen molar-refractivity contribution < 1.29 is 29.3 Å². The number of rotatable bonds is 13. The van der Waals surface area contributed by atoms with Crippen LogP contribution in [0.5, 0.6) is 0 Å². The van der Waals surface area contributed by atoms with Crippen molar-refractivity contribution >= 4 is 41.4 Å². The quantitative estimate of drug-likeness (QED) is 0.144. The summed E-state index contributed by atoms with van der Waals surface area (Å²) in [6.45, 7) is 6.02. The van der Waals surface area contributed by atoms with Gasteiger partial charge in [0.1, 0.15) is 11.5 Å². The summed E-state index contributed by atoms with van der Waals surface area (Å²) in [4.78, 5) is 25.0. The van der Waals surface area contributed by atoms with Gasteiger partial charge in [0.2, 0.25) is 0 Å². The topological polar surface area (TPSA) is 140 Å². The summed E-state index contributed by atoms with van der Waals surface area (Å²) in [5, 5.41) is 39.9. The summed E-state index contributed by atoms with van der Waals surface area (Å²) in [6.07, 6.45) is -2.18. The summed E-state index contributed by atoms with van der Waals surface area (Å²) in [7, 11) is 0. The number of aryl methyl sites for hydroxylation is 1. The number of benzene rings is 2. The third kappa shape index (κ3) is 8.64. The van der Waals surface area contributed by atoms with Crippen LogP contribution in [0.1, 0.15) is 66.7 Å². The van der Waals surface area contributed by atoms with Gasteiger partial charge < -0.3 is 25.2 Å². The van der Waals surface area contributed by atoms with Crippen LogP contribution < -0.4 is 5.32 Å². The molecule has 0 saturated heterocycles. The Balaban J connectivity index is 0.00000506. The van der Waals surface area contributed by atoms with Gasteiger partial charge in [0, 0.05) is 28.6 Å². The Morgan fingerprint density at radius 1 is 1.00 bits per heavy atom. The zero-order valence-electron chi connectivity index (χ0n) is 24.0. The average Bonchev–Trinajstić information content (AvgIpc) is 3.52. The summed E-state index contributed by atoms with van der Waals surface area (Å²) in [5.41, 5.74) is 5.70. The van der Waals surface area contributed by atoms with E-state index < -0.39 is 24.6 Å². The fraction of sp³-hybridized carbons (Fsp3) is 0.344. The number of carbonyl (C=O) groups excluding carboxylic acids is 1. The molecule has 11 heteroatoms. The normalized spacial score (nSPS) is 12.5. The van der Waals surface area contributed by atoms with Crippen LogP contribution in [0, 0.1) is 12.7 Å². The molecule has 0 aliphatic carbocycles. The minimum atomic E-state index is -1.18. The van der Waals surface area contributed by atoms with Crippen LogP contribution in [0.2, 0.25) is 0 Å². The summed E-state index contributed by atoms with van der Waals surface area (Å²) < 4.78 is 16.0. The first-order valence-electron chi connectivity index (χ1n) is 14.0. The van der Waals surface area contributed by atoms with Gasteiger partial charge in [-0.3, -0.25) is 14.7 Å². The van der Waals surface area contributed by atoms with Gasteiger partial charge in [-0.15, -0.1) is 0 Å². The molecule has 4 rings (SSSR count). The van der Waals surface area contributed by atoms with Gasteiger partial charge in [0.15, 0.2) is 0 Å². The van der Waals surface area contributed by atoms with Gasteiger partial charge in [0.05, 0.1) is 30.9 Å². The molecule has 1 amide bonds. The van der Waals surface area contributed by atoms with Crippen LogP contribution in [-0.4, -0.2) is 83.7 Å². The van der Waals surface area contributed by atoms with E-state index in [1.807, 2.05) is 61.7 Å². The second-order valence-corrected chi connectivity index (χ2v) is 10.8. The van der Waals surface area contributed by atoms with Crippen molar-refractivity contribution in [3.63, 3.8) is 0 Å². The number of carbonyl (C=O) groups is 2. The number of aromatic nitrogens is 3. The first-order valence-corrected chi connectivity index (χ1v) is 14.0. The molecule has 0 aliphatic rings. The fourth-order valence-corrected chi connectivity index (χ4v) is 5.33. The van der Waals surface area contributed by atoms with Crippen molar-refractivity contribution in [2.24, 2.45) is 0 Å². The zero-order valence-corrected chi connectivity index (χ0v) is 24.0. The molecule has 0 fully saturated rings. The molecule has 2 heterocycles. The Labute approximate surface area is 272 Å². The number of halogens is 1. The molecule has 0 saturated carbocycles. The number of amides is 1. The number of aromatic amines is 1. The van der Waals surface area contributed by atoms with Crippen molar-refractivity contribution in [1.82, 2.24) is 20.1 Å². The molecule has 5 N–H and O–H groups in total. The van der Waals surface area contributed by atoms with Crippen molar-refractivity contribution in [1.29, 1.82) is 0 Å². The van der Waals surface area contributed by atoms with Crippen molar-refractivity contribution in [3.05, 3.63) is 89.3 Å². The first-order chi connectivity index (χ1) is 20.0. The van der Waals surface area contributed by atoms with Gasteiger partial charge in [0.25, 0.3) is 5.91 Å². The molecule has 0 bridgehead atoms. The maximum absolute atomic E-state index is 14.0. The van der Waals surface area contributed by atoms with E-state index in [1.165, 1.54) is 12.1 Å². The molecule has 43 heavy (non-hydrogen) atoms. The molecule has 0 radical (unpaired) electrons. The number of hydrogen-bond acceptors (Lipinski definition) is 5. The van der Waals surface area contributed by atoms with Crippen LogP contribution in [0.4, 0.5) is 4.39 Å². The van der Waals surface area contributed by atoms with Gasteiger partial charge >= 0.3 is 35.5 Å². The third-order valence-electron chi connectivity index (χ3n) is 7.09. The summed E-state index contributed by atoms with van der Waals surface area (Å²) in [6, 6.07) is 17.3. The number of nitrogens with one attached hydrogen (secondary N) is 2. The predicted octanol–water partition coefficient (Wildman–Crippen LogP) is 4.37. The van der Waals surface area contributed by atoms with E-state index in [9.17, 15) is 24.2 Å². The number of H-pyrrole nitrogens is 1. The van der Waals surface area contributed by atoms with E-state index in [1.54, 1.807) is 12.1 Å². The number of nitrogens with zero attached hydrogens (tertiary/aromatic N) is 2. The van der Waals surface area contributed by atoms with Crippen molar-refractivity contribution in [2.45, 2.75) is 71.2 Å². The number of aliphatic hydroxyl groups is 2. The van der Waals surface area contributed by atoms with Gasteiger partial charge in [-0.1, -0.05) is 42.5 Å². The molecule has 2 aromatic heterocycles. The van der Waals surface area contributed by atoms with E-state index in [4.69, 9.17) is 5.11 Å². The minimum absolute atomic E-state index is 0. The van der Waals surface area contributed by atoms with Crippen molar-refractivity contribution in [3.8, 4) is 22.3 Å². The second-order valence-electron chi connectivity index (χ2n) is 10.8. The number of aliphatic carboxylic acids is 1. The van der Waals surface area contributed by atoms with E-state index in [-0.39, 0.29) is 66.7 Å². The number of hydrogen-bond donors (Lipinski definition) is 5. The van der Waals surface area contributed by atoms with E-state index in [0.29, 0.717) is 28.9 Å². The molecule has 4 aromatic rings. The Kier molecular flexibility index (Phi) is 12.3. The molecule has 0 aliphatic heterocycles. The Morgan fingerprint density at radius 3 is 2.23 bits per heavy atom. The van der Waals surface area contributed by atoms with Crippen LogP contribution >= 0.6 is 0 Å². The van der Waals surface area contributed by atoms with Gasteiger partial charge in [-0.05, 0) is 69.4 Å². The Bertz CT molecular complexity index is 1520. The summed E-state index contributed by atoms with van der Waals surface area (Å²) in [5.74, 6) is -1.84. The zero-order chi connectivity index (χ0) is 30.4. The molecule has 0 spiro atoms. The number of carboxylic acids is 1.